The number of carbonyl (C=O) groups excluding carboxylic acids is 1. The number of carbonyl (C=O) groups is 1. The number of methoxy groups -OCH3 is 1. The summed E-state index contributed by atoms with van der Waals surface area (Å²) in [6, 6.07) is 3.80. The van der Waals surface area contributed by atoms with Gasteiger partial charge in [0.2, 0.25) is 0 Å². The molecule has 1 aromatic heterocycles. The van der Waals surface area contributed by atoms with Gasteiger partial charge in [0.1, 0.15) is 5.56 Å². The number of fused-ring (bicyclic) bond motifs is 1. The first kappa shape index (κ1) is 11.9. The molecule has 0 atom stereocenters. The summed E-state index contributed by atoms with van der Waals surface area (Å²) in [4.78, 5) is 15.7. The lowest BCUT2D eigenvalue weighted by atomic mass is 10.1. The normalized spacial score (nSPS) is 10.5. The molecule has 0 aliphatic heterocycles. The highest BCUT2D eigenvalue weighted by Crippen LogP contribution is 2.28. The lowest BCUT2D eigenvalue weighted by molar-refractivity contribution is 0.0601. The van der Waals surface area contributed by atoms with Gasteiger partial charge in [0.15, 0.2) is 0 Å². The zero-order valence-corrected chi connectivity index (χ0v) is 11.0. The van der Waals surface area contributed by atoms with Crippen LogP contribution in [0.4, 0.5) is 5.69 Å². The molecule has 0 spiro atoms. The smallest absolute Gasteiger partial charge is 0.341 e. The third-order valence-electron chi connectivity index (χ3n) is 2.57. The molecule has 0 saturated carbocycles. The maximum atomic E-state index is 11.5. The fourth-order valence-corrected chi connectivity index (χ4v) is 2.30. The lowest BCUT2D eigenvalue weighted by Gasteiger charge is -2.09. The Balaban J connectivity index is 2.79. The van der Waals surface area contributed by atoms with Crippen LogP contribution in [0.25, 0.3) is 10.9 Å². The number of halogens is 1. The molecule has 0 radical (unpaired) electrons. The molecule has 2 rings (SSSR count). The van der Waals surface area contributed by atoms with Crippen LogP contribution in [0.5, 0.6) is 0 Å². The van der Waals surface area contributed by atoms with Gasteiger partial charge < -0.3 is 10.5 Å². The average Bonchev–Trinajstić information content (AvgIpc) is 2.29. The van der Waals surface area contributed by atoms with Crippen molar-refractivity contribution in [1.82, 2.24) is 4.98 Å². The summed E-state index contributed by atoms with van der Waals surface area (Å²) in [6.45, 7) is 1.94. The third-order valence-corrected chi connectivity index (χ3v) is 3.03. The van der Waals surface area contributed by atoms with Crippen LogP contribution in [-0.2, 0) is 4.74 Å². The van der Waals surface area contributed by atoms with Crippen LogP contribution < -0.4 is 5.73 Å². The lowest BCUT2D eigenvalue weighted by Crippen LogP contribution is -2.07. The van der Waals surface area contributed by atoms with Crippen LogP contribution in [0.15, 0.2) is 22.8 Å². The summed E-state index contributed by atoms with van der Waals surface area (Å²) in [5, 5.41) is 0.750. The molecule has 0 amide bonds. The number of rotatable bonds is 1. The summed E-state index contributed by atoms with van der Waals surface area (Å²) < 4.78 is 5.56. The number of aromatic nitrogens is 1. The second kappa shape index (κ2) is 4.33. The first-order valence-electron chi connectivity index (χ1n) is 4.97. The summed E-state index contributed by atoms with van der Waals surface area (Å²) in [7, 11) is 1.32. The van der Waals surface area contributed by atoms with Crippen molar-refractivity contribution in [2.24, 2.45) is 0 Å². The summed E-state index contributed by atoms with van der Waals surface area (Å²) in [5.41, 5.74) is 8.44. The molecule has 1 heterocycles. The van der Waals surface area contributed by atoms with E-state index in [2.05, 4.69) is 25.7 Å². The minimum atomic E-state index is -0.477. The molecule has 5 heteroatoms. The van der Waals surface area contributed by atoms with E-state index in [4.69, 9.17) is 5.73 Å². The van der Waals surface area contributed by atoms with Gasteiger partial charge in [-0.05, 0) is 24.6 Å². The van der Waals surface area contributed by atoms with Gasteiger partial charge in [-0.1, -0.05) is 15.9 Å². The first-order chi connectivity index (χ1) is 8.04. The summed E-state index contributed by atoms with van der Waals surface area (Å²) >= 11 is 3.40. The predicted octanol–water partition coefficient (Wildman–Crippen LogP) is 2.67. The Kier molecular flexibility index (Phi) is 3.02. The molecule has 0 saturated heterocycles. The van der Waals surface area contributed by atoms with Gasteiger partial charge >= 0.3 is 5.97 Å². The van der Waals surface area contributed by atoms with E-state index >= 15 is 0 Å². The maximum Gasteiger partial charge on any atom is 0.341 e. The van der Waals surface area contributed by atoms with Crippen LogP contribution in [0.3, 0.4) is 0 Å². The molecule has 2 aromatic rings. The Morgan fingerprint density at radius 2 is 2.18 bits per heavy atom. The Hall–Kier alpha value is -1.62. The predicted molar refractivity (Wildman–Crippen MR) is 69.9 cm³/mol. The number of pyridine rings is 1. The summed E-state index contributed by atoms with van der Waals surface area (Å²) in [5.74, 6) is -0.477. The van der Waals surface area contributed by atoms with Crippen molar-refractivity contribution in [2.75, 3.05) is 12.8 Å². The van der Waals surface area contributed by atoms with Gasteiger partial charge in [-0.3, -0.25) is 4.98 Å². The number of esters is 1. The zero-order chi connectivity index (χ0) is 12.6. The number of anilines is 1. The van der Waals surface area contributed by atoms with Crippen molar-refractivity contribution >= 4 is 38.5 Å². The van der Waals surface area contributed by atoms with Crippen LogP contribution >= 0.6 is 15.9 Å². The van der Waals surface area contributed by atoms with Gasteiger partial charge in [0, 0.05) is 16.1 Å². The van der Waals surface area contributed by atoms with E-state index in [1.165, 1.54) is 13.3 Å². The van der Waals surface area contributed by atoms with E-state index in [-0.39, 0.29) is 5.56 Å². The fourth-order valence-electron chi connectivity index (χ4n) is 1.73. The van der Waals surface area contributed by atoms with E-state index in [1.54, 1.807) is 0 Å². The van der Waals surface area contributed by atoms with Gasteiger partial charge in [0.05, 0.1) is 18.3 Å². The quantitative estimate of drug-likeness (QED) is 0.821. The van der Waals surface area contributed by atoms with E-state index in [0.29, 0.717) is 5.69 Å². The van der Waals surface area contributed by atoms with Crippen molar-refractivity contribution in [2.45, 2.75) is 6.92 Å². The Labute approximate surface area is 107 Å². The number of nitrogen functional groups attached to an aromatic ring is 1. The molecule has 0 unspecified atom stereocenters. The second-order valence-corrected chi connectivity index (χ2v) is 4.61. The van der Waals surface area contributed by atoms with E-state index < -0.39 is 5.97 Å². The summed E-state index contributed by atoms with van der Waals surface area (Å²) in [6.07, 6.45) is 1.45. The van der Waals surface area contributed by atoms with Crippen LogP contribution in [0.1, 0.15) is 15.9 Å². The standard InChI is InChI=1S/C12H11BrN2O2/c1-6-3-7(13)4-8-10(14)9(12(16)17-2)5-15-11(6)8/h3-5H,1-2H3,(H2,14,15). The van der Waals surface area contributed by atoms with Crippen LogP contribution in [0.2, 0.25) is 0 Å². The van der Waals surface area contributed by atoms with E-state index in [1.807, 2.05) is 19.1 Å². The number of hydrogen-bond acceptors (Lipinski definition) is 4. The number of aryl methyl sites for hydroxylation is 1. The highest BCUT2D eigenvalue weighted by atomic mass is 79.9. The zero-order valence-electron chi connectivity index (χ0n) is 9.45. The number of nitrogens with two attached hydrogens (primary N) is 1. The van der Waals surface area contributed by atoms with E-state index in [0.717, 1.165) is 20.9 Å². The Morgan fingerprint density at radius 3 is 2.82 bits per heavy atom. The number of ether oxygens (including phenoxy) is 1. The Morgan fingerprint density at radius 1 is 1.47 bits per heavy atom. The van der Waals surface area contributed by atoms with Gasteiger partial charge in [-0.2, -0.15) is 0 Å². The maximum absolute atomic E-state index is 11.5. The van der Waals surface area contributed by atoms with Crippen molar-refractivity contribution < 1.29 is 9.53 Å². The van der Waals surface area contributed by atoms with Crippen molar-refractivity contribution in [1.29, 1.82) is 0 Å². The Bertz CT molecular complexity index is 611. The molecule has 0 bridgehead atoms. The van der Waals surface area contributed by atoms with Crippen LogP contribution in [0, 0.1) is 6.92 Å². The molecule has 4 nitrogen and oxygen atoms in total. The van der Waals surface area contributed by atoms with Crippen molar-refractivity contribution in [3.8, 4) is 0 Å². The highest BCUT2D eigenvalue weighted by molar-refractivity contribution is 9.10. The van der Waals surface area contributed by atoms with Gasteiger partial charge in [-0.15, -0.1) is 0 Å². The highest BCUT2D eigenvalue weighted by Gasteiger charge is 2.14. The molecule has 0 fully saturated rings. The number of nitrogens with zero attached hydrogens (tertiary/aromatic N) is 1. The molecule has 2 N–H and O–H groups in total. The largest absolute Gasteiger partial charge is 0.465 e. The minimum absolute atomic E-state index is 0.289. The molecule has 1 aromatic carbocycles. The monoisotopic (exact) mass is 294 g/mol. The minimum Gasteiger partial charge on any atom is -0.465 e. The number of benzene rings is 1. The molecule has 0 aliphatic carbocycles. The van der Waals surface area contributed by atoms with E-state index in [9.17, 15) is 4.79 Å². The topological polar surface area (TPSA) is 65.2 Å². The molecular formula is C12H11BrN2O2. The number of hydrogen-bond donors (Lipinski definition) is 1. The van der Waals surface area contributed by atoms with Crippen molar-refractivity contribution in [3.05, 3.63) is 33.9 Å². The molecule has 0 aliphatic rings. The molecular weight excluding hydrogens is 284 g/mol. The third kappa shape index (κ3) is 1.98. The first-order valence-corrected chi connectivity index (χ1v) is 5.76. The van der Waals surface area contributed by atoms with Crippen molar-refractivity contribution in [3.63, 3.8) is 0 Å². The molecule has 88 valence electrons. The van der Waals surface area contributed by atoms with Gasteiger partial charge in [-0.25, -0.2) is 4.79 Å². The average molecular weight is 295 g/mol. The van der Waals surface area contributed by atoms with Crippen LogP contribution in [-0.4, -0.2) is 18.1 Å². The fraction of sp³-hybridized carbons (Fsp3) is 0.167. The second-order valence-electron chi connectivity index (χ2n) is 3.70. The SMILES string of the molecule is COC(=O)c1cnc2c(C)cc(Br)cc2c1N. The molecule has 17 heavy (non-hydrogen) atoms. The van der Waals surface area contributed by atoms with Gasteiger partial charge in [0.25, 0.3) is 0 Å².